The van der Waals surface area contributed by atoms with Crippen molar-refractivity contribution in [2.24, 2.45) is 5.73 Å². The lowest BCUT2D eigenvalue weighted by atomic mass is 10.2. The van der Waals surface area contributed by atoms with Crippen LogP contribution in [0.1, 0.15) is 33.6 Å². The van der Waals surface area contributed by atoms with E-state index in [1.807, 2.05) is 20.8 Å². The Morgan fingerprint density at radius 3 is 2.29 bits per heavy atom. The smallest absolute Gasteiger partial charge is 0.305 e. The molecule has 102 valence electrons. The highest BCUT2D eigenvalue weighted by atomic mass is 32.2. The molecule has 0 aromatic rings. The van der Waals surface area contributed by atoms with Crippen LogP contribution in [-0.2, 0) is 9.59 Å². The quantitative estimate of drug-likeness (QED) is 0.639. The first-order valence-corrected chi connectivity index (χ1v) is 7.05. The summed E-state index contributed by atoms with van der Waals surface area (Å²) in [5.41, 5.74) is 5.34. The number of rotatable bonds is 7. The molecule has 0 saturated heterocycles. The average Bonchev–Trinajstić information content (AvgIpc) is 2.28. The van der Waals surface area contributed by atoms with E-state index in [0.29, 0.717) is 13.0 Å². The van der Waals surface area contributed by atoms with Gasteiger partial charge in [0.1, 0.15) is 0 Å². The van der Waals surface area contributed by atoms with Crippen molar-refractivity contribution in [1.82, 2.24) is 5.32 Å². The molecule has 0 saturated carbocycles. The van der Waals surface area contributed by atoms with Crippen LogP contribution in [0.25, 0.3) is 0 Å². The summed E-state index contributed by atoms with van der Waals surface area (Å²) in [6, 6.07) is -0.00838. The number of nitrogens with two attached hydrogens (primary N) is 1. The van der Waals surface area contributed by atoms with Gasteiger partial charge in [-0.3, -0.25) is 9.59 Å². The summed E-state index contributed by atoms with van der Waals surface area (Å²) in [4.78, 5) is 22.0. The van der Waals surface area contributed by atoms with Crippen LogP contribution in [0.15, 0.2) is 0 Å². The molecule has 2 unspecified atom stereocenters. The molecule has 0 rings (SSSR count). The van der Waals surface area contributed by atoms with Crippen LogP contribution in [0, 0.1) is 0 Å². The van der Waals surface area contributed by atoms with Gasteiger partial charge >= 0.3 is 5.97 Å². The monoisotopic (exact) mass is 264 g/mol. The maximum absolute atomic E-state index is 11.6. The molecular weight excluding hydrogens is 240 g/mol. The van der Waals surface area contributed by atoms with E-state index in [0.717, 1.165) is 0 Å². The molecule has 0 fully saturated rings. The Morgan fingerprint density at radius 2 is 1.94 bits per heavy atom. The van der Waals surface area contributed by atoms with Gasteiger partial charge in [0.05, 0.1) is 11.7 Å². The maximum atomic E-state index is 11.6. The summed E-state index contributed by atoms with van der Waals surface area (Å²) in [6.07, 6.45) is 2.27. The highest BCUT2D eigenvalue weighted by molar-refractivity contribution is 7.99. The number of nitrogens with one attached hydrogen (secondary N) is 1. The van der Waals surface area contributed by atoms with Gasteiger partial charge in [-0.1, -0.05) is 13.8 Å². The fourth-order valence-corrected chi connectivity index (χ4v) is 1.69. The first kappa shape index (κ1) is 18.6. The molecule has 0 bridgehead atoms. The highest BCUT2D eigenvalue weighted by Gasteiger charge is 2.21. The number of carbonyl (C=O) groups is 2. The Labute approximate surface area is 108 Å². The number of carboxylic acids is 1. The zero-order chi connectivity index (χ0) is 13.8. The van der Waals surface area contributed by atoms with Gasteiger partial charge in [0.25, 0.3) is 0 Å². The van der Waals surface area contributed by atoms with Crippen molar-refractivity contribution in [2.75, 3.05) is 12.8 Å². The molecule has 0 aliphatic heterocycles. The van der Waals surface area contributed by atoms with E-state index in [2.05, 4.69) is 5.32 Å². The number of amides is 1. The average molecular weight is 264 g/mol. The van der Waals surface area contributed by atoms with Gasteiger partial charge in [-0.25, -0.2) is 0 Å². The third-order valence-electron chi connectivity index (χ3n) is 1.93. The summed E-state index contributed by atoms with van der Waals surface area (Å²) < 4.78 is 0. The molecule has 4 N–H and O–H groups in total. The van der Waals surface area contributed by atoms with Crippen molar-refractivity contribution < 1.29 is 14.7 Å². The van der Waals surface area contributed by atoms with Crippen molar-refractivity contribution in [3.8, 4) is 0 Å². The second kappa shape index (κ2) is 11.7. The van der Waals surface area contributed by atoms with Gasteiger partial charge in [0.2, 0.25) is 5.91 Å². The fourth-order valence-electron chi connectivity index (χ4n) is 1.10. The van der Waals surface area contributed by atoms with Crippen LogP contribution in [0.3, 0.4) is 0 Å². The van der Waals surface area contributed by atoms with E-state index in [-0.39, 0.29) is 18.4 Å². The van der Waals surface area contributed by atoms with Gasteiger partial charge in [0.15, 0.2) is 0 Å². The topological polar surface area (TPSA) is 92.4 Å². The predicted molar refractivity (Wildman–Crippen MR) is 72.2 cm³/mol. The second-order valence-corrected chi connectivity index (χ2v) is 4.35. The number of carboxylic acid groups (broad SMARTS) is 1. The van der Waals surface area contributed by atoms with Crippen LogP contribution in [0.2, 0.25) is 0 Å². The van der Waals surface area contributed by atoms with E-state index >= 15 is 0 Å². The lowest BCUT2D eigenvalue weighted by molar-refractivity contribution is -0.138. The molecule has 0 aromatic heterocycles. The predicted octanol–water partition coefficient (Wildman–Crippen LogP) is 1.07. The van der Waals surface area contributed by atoms with E-state index in [4.69, 9.17) is 10.8 Å². The minimum Gasteiger partial charge on any atom is -0.481 e. The van der Waals surface area contributed by atoms with Crippen LogP contribution >= 0.6 is 11.8 Å². The molecular formula is C11H24N2O3S. The Morgan fingerprint density at radius 1 is 1.41 bits per heavy atom. The maximum Gasteiger partial charge on any atom is 0.305 e. The number of carbonyl (C=O) groups excluding carboxylic acids is 1. The lowest BCUT2D eigenvalue weighted by Crippen LogP contribution is -2.40. The Bertz CT molecular complexity index is 225. The summed E-state index contributed by atoms with van der Waals surface area (Å²) >= 11 is 1.24. The first-order chi connectivity index (χ1) is 8.01. The van der Waals surface area contributed by atoms with Crippen molar-refractivity contribution in [3.63, 3.8) is 0 Å². The van der Waals surface area contributed by atoms with Crippen molar-refractivity contribution in [2.45, 2.75) is 44.9 Å². The minimum absolute atomic E-state index is 0.00838. The van der Waals surface area contributed by atoms with Crippen molar-refractivity contribution in [1.29, 1.82) is 0 Å². The molecule has 0 radical (unpaired) electrons. The first-order valence-electron chi connectivity index (χ1n) is 5.76. The van der Waals surface area contributed by atoms with Crippen LogP contribution in [-0.4, -0.2) is 41.1 Å². The fraction of sp³-hybridized carbons (Fsp3) is 0.818. The normalized spacial score (nSPS) is 13.0. The summed E-state index contributed by atoms with van der Waals surface area (Å²) in [5.74, 6) is -1.19. The summed E-state index contributed by atoms with van der Waals surface area (Å²) in [6.45, 7) is 6.35. The number of thioether (sulfide) groups is 1. The molecule has 0 aromatic carbocycles. The van der Waals surface area contributed by atoms with Gasteiger partial charge in [0, 0.05) is 6.04 Å². The number of hydrogen-bond acceptors (Lipinski definition) is 4. The zero-order valence-corrected chi connectivity index (χ0v) is 11.8. The minimum atomic E-state index is -0.962. The van der Waals surface area contributed by atoms with Crippen molar-refractivity contribution in [3.05, 3.63) is 0 Å². The molecule has 0 aliphatic rings. The molecule has 2 atom stereocenters. The Kier molecular flexibility index (Phi) is 12.8. The Hall–Kier alpha value is -0.750. The van der Waals surface area contributed by atoms with Crippen molar-refractivity contribution >= 4 is 23.6 Å². The van der Waals surface area contributed by atoms with Crippen LogP contribution < -0.4 is 11.1 Å². The van der Waals surface area contributed by atoms with E-state index in [9.17, 15) is 9.59 Å². The molecule has 0 heterocycles. The van der Waals surface area contributed by atoms with Gasteiger partial charge in [-0.05, 0) is 26.1 Å². The number of hydrogen-bond donors (Lipinski definition) is 3. The third kappa shape index (κ3) is 10.1. The molecule has 0 aliphatic carbocycles. The molecule has 0 spiro atoms. The van der Waals surface area contributed by atoms with E-state index in [1.165, 1.54) is 11.8 Å². The van der Waals surface area contributed by atoms with E-state index in [1.54, 1.807) is 6.26 Å². The Balaban J connectivity index is 0. The zero-order valence-electron chi connectivity index (χ0n) is 11.0. The third-order valence-corrected chi connectivity index (χ3v) is 2.88. The molecule has 6 heteroatoms. The molecule has 5 nitrogen and oxygen atoms in total. The van der Waals surface area contributed by atoms with Crippen LogP contribution in [0.5, 0.6) is 0 Å². The number of aliphatic carboxylic acids is 1. The lowest BCUT2D eigenvalue weighted by Gasteiger charge is -2.17. The second-order valence-electron chi connectivity index (χ2n) is 3.31. The molecule has 1 amide bonds. The van der Waals surface area contributed by atoms with Gasteiger partial charge in [-0.15, -0.1) is 0 Å². The SMILES string of the molecule is CC.CSC(CC(=O)O)C(=O)NC(C)CCN. The largest absolute Gasteiger partial charge is 0.481 e. The van der Waals surface area contributed by atoms with Gasteiger partial charge < -0.3 is 16.2 Å². The highest BCUT2D eigenvalue weighted by Crippen LogP contribution is 2.11. The van der Waals surface area contributed by atoms with E-state index < -0.39 is 11.2 Å². The van der Waals surface area contributed by atoms with Gasteiger partial charge in [-0.2, -0.15) is 11.8 Å². The summed E-state index contributed by atoms with van der Waals surface area (Å²) in [5, 5.41) is 10.8. The summed E-state index contributed by atoms with van der Waals surface area (Å²) in [7, 11) is 0. The molecule has 17 heavy (non-hydrogen) atoms. The van der Waals surface area contributed by atoms with Crippen LogP contribution in [0.4, 0.5) is 0 Å². The standard InChI is InChI=1S/C9H18N2O3S.C2H6/c1-6(3-4-10)11-9(14)7(15-2)5-8(12)13;1-2/h6-7H,3-5,10H2,1-2H3,(H,11,14)(H,12,13);1-2H3.